The van der Waals surface area contributed by atoms with Gasteiger partial charge in [-0.3, -0.25) is 19.2 Å². The van der Waals surface area contributed by atoms with Gasteiger partial charge in [0, 0.05) is 25.2 Å². The molecule has 1 aromatic carbocycles. The number of alkyl carbamates (subject to hydrolysis) is 1. The number of benzene rings is 1. The second kappa shape index (κ2) is 10.0. The van der Waals surface area contributed by atoms with Crippen molar-refractivity contribution < 1.29 is 23.9 Å². The number of rotatable bonds is 6. The predicted octanol–water partition coefficient (Wildman–Crippen LogP) is 1.31. The number of nitrogens with zero attached hydrogens (tertiary/aromatic N) is 2. The number of aromatic amines is 1. The molecule has 0 spiro atoms. The SMILES string of the molecule is COC(=O)[C@H](NC(=O)OC(C)(C)C)[C@H]1C[C@H](n2ccc(=O)[nH]c2=O)ON1Cc1ccccc1. The van der Waals surface area contributed by atoms with Crippen LogP contribution in [-0.4, -0.2) is 51.5 Å². The molecule has 33 heavy (non-hydrogen) atoms. The van der Waals surface area contributed by atoms with Gasteiger partial charge in [0.25, 0.3) is 5.56 Å². The summed E-state index contributed by atoms with van der Waals surface area (Å²) in [6.45, 7) is 5.39. The van der Waals surface area contributed by atoms with Gasteiger partial charge in [-0.25, -0.2) is 14.4 Å². The lowest BCUT2D eigenvalue weighted by atomic mass is 10.0. The smallest absolute Gasteiger partial charge is 0.408 e. The fourth-order valence-electron chi connectivity index (χ4n) is 3.51. The highest BCUT2D eigenvalue weighted by atomic mass is 16.7. The van der Waals surface area contributed by atoms with Crippen LogP contribution in [0, 0.1) is 0 Å². The zero-order valence-corrected chi connectivity index (χ0v) is 18.9. The summed E-state index contributed by atoms with van der Waals surface area (Å²) >= 11 is 0. The normalized spacial score (nSPS) is 19.6. The first-order valence-corrected chi connectivity index (χ1v) is 10.4. The van der Waals surface area contributed by atoms with E-state index in [1.54, 1.807) is 20.8 Å². The van der Waals surface area contributed by atoms with Crippen LogP contribution in [0.3, 0.4) is 0 Å². The van der Waals surface area contributed by atoms with E-state index in [0.29, 0.717) is 0 Å². The minimum absolute atomic E-state index is 0.147. The Labute approximate surface area is 190 Å². The Morgan fingerprint density at radius 1 is 1.21 bits per heavy atom. The molecule has 1 aromatic heterocycles. The average Bonchev–Trinajstić information content (AvgIpc) is 3.14. The lowest BCUT2D eigenvalue weighted by molar-refractivity contribution is -0.196. The molecule has 1 aliphatic rings. The first kappa shape index (κ1) is 24.2. The highest BCUT2D eigenvalue weighted by molar-refractivity contribution is 5.82. The molecule has 1 fully saturated rings. The maximum absolute atomic E-state index is 12.7. The van der Waals surface area contributed by atoms with Gasteiger partial charge < -0.3 is 14.8 Å². The summed E-state index contributed by atoms with van der Waals surface area (Å²) in [5.41, 5.74) is -1.07. The number of nitrogens with one attached hydrogen (secondary N) is 2. The van der Waals surface area contributed by atoms with Crippen molar-refractivity contribution in [3.8, 4) is 0 Å². The third-order valence-corrected chi connectivity index (χ3v) is 4.92. The number of carbonyl (C=O) groups excluding carboxylic acids is 2. The zero-order chi connectivity index (χ0) is 24.2. The van der Waals surface area contributed by atoms with Crippen molar-refractivity contribution in [2.45, 2.75) is 57.6 Å². The van der Waals surface area contributed by atoms with Gasteiger partial charge in [-0.2, -0.15) is 5.06 Å². The van der Waals surface area contributed by atoms with Gasteiger partial charge in [-0.15, -0.1) is 0 Å². The molecule has 1 amide bonds. The van der Waals surface area contributed by atoms with Crippen molar-refractivity contribution in [1.29, 1.82) is 0 Å². The summed E-state index contributed by atoms with van der Waals surface area (Å²) in [5, 5.41) is 4.10. The lowest BCUT2D eigenvalue weighted by Crippen LogP contribution is -2.54. The van der Waals surface area contributed by atoms with Crippen LogP contribution < -0.4 is 16.6 Å². The van der Waals surface area contributed by atoms with E-state index >= 15 is 0 Å². The second-order valence-corrected chi connectivity index (χ2v) is 8.59. The molecule has 3 rings (SSSR count). The minimum atomic E-state index is -1.14. The highest BCUT2D eigenvalue weighted by Gasteiger charge is 2.44. The van der Waals surface area contributed by atoms with Crippen molar-refractivity contribution in [2.75, 3.05) is 7.11 Å². The van der Waals surface area contributed by atoms with Crippen LogP contribution in [0.2, 0.25) is 0 Å². The number of hydrogen-bond donors (Lipinski definition) is 2. The maximum Gasteiger partial charge on any atom is 0.408 e. The Morgan fingerprint density at radius 3 is 2.52 bits per heavy atom. The first-order chi connectivity index (χ1) is 15.6. The van der Waals surface area contributed by atoms with Gasteiger partial charge in [0.15, 0.2) is 6.23 Å². The molecule has 2 aromatic rings. The molecule has 1 saturated heterocycles. The van der Waals surface area contributed by atoms with Gasteiger partial charge >= 0.3 is 17.8 Å². The minimum Gasteiger partial charge on any atom is -0.467 e. The van der Waals surface area contributed by atoms with Crippen LogP contribution in [0.15, 0.2) is 52.2 Å². The lowest BCUT2D eigenvalue weighted by Gasteiger charge is -2.29. The molecule has 0 saturated carbocycles. The summed E-state index contributed by atoms with van der Waals surface area (Å²) in [6, 6.07) is 8.72. The molecule has 0 radical (unpaired) electrons. The molecule has 11 nitrogen and oxygen atoms in total. The van der Waals surface area contributed by atoms with Crippen molar-refractivity contribution in [3.05, 3.63) is 69.0 Å². The van der Waals surface area contributed by atoms with E-state index in [9.17, 15) is 19.2 Å². The Kier molecular flexibility index (Phi) is 7.34. The molecule has 1 aliphatic heterocycles. The molecule has 2 heterocycles. The molecule has 2 N–H and O–H groups in total. The fourth-order valence-corrected chi connectivity index (χ4v) is 3.51. The molecule has 0 aliphatic carbocycles. The quantitative estimate of drug-likeness (QED) is 0.617. The number of hydroxylamine groups is 2. The standard InChI is InChI=1S/C22H28N4O7/c1-22(2,3)32-21(30)24-18(19(28)31-4)15-12-17(25-11-10-16(27)23-20(25)29)33-26(15)13-14-8-6-5-7-9-14/h5-11,15,17-18H,12-13H2,1-4H3,(H,24,30)(H,23,27,29)/t15-,17-,18-/m1/s1. The number of H-pyrrole nitrogens is 1. The third-order valence-electron chi connectivity index (χ3n) is 4.92. The van der Waals surface area contributed by atoms with Crippen LogP contribution in [0.5, 0.6) is 0 Å². The fraction of sp³-hybridized carbons (Fsp3) is 0.455. The van der Waals surface area contributed by atoms with E-state index in [2.05, 4.69) is 10.3 Å². The predicted molar refractivity (Wildman–Crippen MR) is 117 cm³/mol. The van der Waals surface area contributed by atoms with Crippen LogP contribution in [0.4, 0.5) is 4.79 Å². The van der Waals surface area contributed by atoms with E-state index in [-0.39, 0.29) is 13.0 Å². The van der Waals surface area contributed by atoms with E-state index in [1.165, 1.54) is 29.0 Å². The highest BCUT2D eigenvalue weighted by Crippen LogP contribution is 2.32. The molecule has 0 bridgehead atoms. The average molecular weight is 460 g/mol. The van der Waals surface area contributed by atoms with Crippen molar-refractivity contribution in [2.24, 2.45) is 0 Å². The number of carbonyl (C=O) groups is 2. The summed E-state index contributed by atoms with van der Waals surface area (Å²) in [6.07, 6.45) is -0.143. The summed E-state index contributed by atoms with van der Waals surface area (Å²) in [7, 11) is 1.22. The van der Waals surface area contributed by atoms with Crippen LogP contribution in [0.1, 0.15) is 39.0 Å². The Balaban J connectivity index is 1.92. The van der Waals surface area contributed by atoms with E-state index in [0.717, 1.165) is 5.56 Å². The second-order valence-electron chi connectivity index (χ2n) is 8.59. The van der Waals surface area contributed by atoms with Gasteiger partial charge in [-0.05, 0) is 26.3 Å². The molecule has 11 heteroatoms. The van der Waals surface area contributed by atoms with Crippen molar-refractivity contribution in [3.63, 3.8) is 0 Å². The molecule has 178 valence electrons. The third kappa shape index (κ3) is 6.30. The zero-order valence-electron chi connectivity index (χ0n) is 18.9. The van der Waals surface area contributed by atoms with Crippen molar-refractivity contribution in [1.82, 2.24) is 19.9 Å². The van der Waals surface area contributed by atoms with E-state index < -0.39 is 47.2 Å². The molecular weight excluding hydrogens is 432 g/mol. The van der Waals surface area contributed by atoms with Gasteiger partial charge in [0.2, 0.25) is 0 Å². The number of ether oxygens (including phenoxy) is 2. The van der Waals surface area contributed by atoms with Gasteiger partial charge in [0.05, 0.1) is 13.2 Å². The van der Waals surface area contributed by atoms with Crippen LogP contribution >= 0.6 is 0 Å². The molecule has 3 atom stereocenters. The summed E-state index contributed by atoms with van der Waals surface area (Å²) in [5.74, 6) is -0.693. The topological polar surface area (TPSA) is 132 Å². The van der Waals surface area contributed by atoms with Crippen molar-refractivity contribution >= 4 is 12.1 Å². The summed E-state index contributed by atoms with van der Waals surface area (Å²) in [4.78, 5) is 57.1. The first-order valence-electron chi connectivity index (χ1n) is 10.4. The van der Waals surface area contributed by atoms with E-state index in [1.807, 2.05) is 30.3 Å². The summed E-state index contributed by atoms with van der Waals surface area (Å²) < 4.78 is 11.5. The van der Waals surface area contributed by atoms with Gasteiger partial charge in [0.1, 0.15) is 11.6 Å². The number of hydrogen-bond acceptors (Lipinski definition) is 8. The number of methoxy groups -OCH3 is 1. The van der Waals surface area contributed by atoms with Crippen LogP contribution in [0.25, 0.3) is 0 Å². The van der Waals surface area contributed by atoms with Gasteiger partial charge in [-0.1, -0.05) is 30.3 Å². The Hall–Kier alpha value is -3.44. The monoisotopic (exact) mass is 460 g/mol. The number of esters is 1. The van der Waals surface area contributed by atoms with Crippen LogP contribution in [-0.2, 0) is 25.7 Å². The van der Waals surface area contributed by atoms with E-state index in [4.69, 9.17) is 14.3 Å². The molecular formula is C22H28N4O7. The maximum atomic E-state index is 12.7. The number of amides is 1. The largest absolute Gasteiger partial charge is 0.467 e. The molecule has 0 unspecified atom stereocenters. The number of aromatic nitrogens is 2. The Bertz CT molecular complexity index is 1090. The Morgan fingerprint density at radius 2 is 1.91 bits per heavy atom.